The van der Waals surface area contributed by atoms with Gasteiger partial charge in [-0.3, -0.25) is 4.79 Å². The second-order valence-corrected chi connectivity index (χ2v) is 6.14. The van der Waals surface area contributed by atoms with Gasteiger partial charge in [0, 0.05) is 5.56 Å². The minimum atomic E-state index is -0.434. The Kier molecular flexibility index (Phi) is 4.98. The quantitative estimate of drug-likeness (QED) is 0.558. The third kappa shape index (κ3) is 3.48. The molecule has 1 aromatic heterocycles. The van der Waals surface area contributed by atoms with Crippen molar-refractivity contribution in [2.45, 2.75) is 11.8 Å². The second kappa shape index (κ2) is 7.34. The molecule has 0 radical (unpaired) electrons. The summed E-state index contributed by atoms with van der Waals surface area (Å²) in [6.07, 6.45) is 1.81. The molecule has 0 saturated heterocycles. The molecule has 2 N–H and O–H groups in total. The molecule has 0 amide bonds. The van der Waals surface area contributed by atoms with Crippen LogP contribution in [0.4, 0.5) is 0 Å². The molecule has 0 bridgehead atoms. The molecule has 0 saturated carbocycles. The molecule has 0 aliphatic carbocycles. The maximum absolute atomic E-state index is 12.0. The average Bonchev–Trinajstić information content (AvgIpc) is 2.67. The number of rotatable bonds is 4. The highest BCUT2D eigenvalue weighted by atomic mass is 32.2. The van der Waals surface area contributed by atoms with Crippen molar-refractivity contribution in [2.24, 2.45) is 0 Å². The fraction of sp³-hybridized carbons (Fsp3) is 0.105. The summed E-state index contributed by atoms with van der Waals surface area (Å²) < 4.78 is 0. The first-order chi connectivity index (χ1) is 12.2. The molecule has 3 rings (SSSR count). The van der Waals surface area contributed by atoms with Crippen LogP contribution in [0.1, 0.15) is 11.1 Å². The summed E-state index contributed by atoms with van der Waals surface area (Å²) in [6.45, 7) is -0.00831. The van der Waals surface area contributed by atoms with Crippen LogP contribution in [0.25, 0.3) is 22.4 Å². The number of hydrogen-bond acceptors (Lipinski definition) is 5. The monoisotopic (exact) mass is 349 g/mol. The molecule has 0 fully saturated rings. The Morgan fingerprint density at radius 1 is 1.16 bits per heavy atom. The van der Waals surface area contributed by atoms with E-state index in [0.29, 0.717) is 16.4 Å². The van der Waals surface area contributed by atoms with Crippen LogP contribution in [0.3, 0.4) is 0 Å². The zero-order chi connectivity index (χ0) is 17.8. The van der Waals surface area contributed by atoms with Crippen LogP contribution in [0, 0.1) is 11.3 Å². The van der Waals surface area contributed by atoms with E-state index >= 15 is 0 Å². The fourth-order valence-electron chi connectivity index (χ4n) is 2.53. The topological polar surface area (TPSA) is 89.8 Å². The SMILES string of the molecule is CSc1nc(-c2ccc(-c3cccc(CO)c3)cc2)c(C#N)c(=O)[nH]1. The number of aromatic amines is 1. The first-order valence-electron chi connectivity index (χ1n) is 7.55. The lowest BCUT2D eigenvalue weighted by atomic mass is 10.00. The van der Waals surface area contributed by atoms with E-state index in [9.17, 15) is 15.2 Å². The van der Waals surface area contributed by atoms with Crippen molar-refractivity contribution in [2.75, 3.05) is 6.26 Å². The molecule has 0 atom stereocenters. The molecule has 0 unspecified atom stereocenters. The van der Waals surface area contributed by atoms with Crippen molar-refractivity contribution in [1.29, 1.82) is 5.26 Å². The van der Waals surface area contributed by atoms with E-state index in [2.05, 4.69) is 9.97 Å². The Bertz CT molecular complexity index is 1000. The van der Waals surface area contributed by atoms with Crippen molar-refractivity contribution in [3.8, 4) is 28.5 Å². The van der Waals surface area contributed by atoms with Crippen LogP contribution in [-0.4, -0.2) is 21.3 Å². The van der Waals surface area contributed by atoms with Crippen molar-refractivity contribution in [1.82, 2.24) is 9.97 Å². The van der Waals surface area contributed by atoms with Gasteiger partial charge in [-0.1, -0.05) is 54.2 Å². The van der Waals surface area contributed by atoms with Gasteiger partial charge < -0.3 is 10.1 Å². The summed E-state index contributed by atoms with van der Waals surface area (Å²) in [7, 11) is 0. The minimum Gasteiger partial charge on any atom is -0.392 e. The van der Waals surface area contributed by atoms with Crippen molar-refractivity contribution < 1.29 is 5.11 Å². The Labute approximate surface area is 149 Å². The van der Waals surface area contributed by atoms with E-state index in [-0.39, 0.29) is 12.2 Å². The lowest BCUT2D eigenvalue weighted by Crippen LogP contribution is -2.14. The summed E-state index contributed by atoms with van der Waals surface area (Å²) in [5.74, 6) is 0. The van der Waals surface area contributed by atoms with Gasteiger partial charge in [-0.05, 0) is 29.0 Å². The first-order valence-corrected chi connectivity index (χ1v) is 8.77. The molecule has 0 spiro atoms. The smallest absolute Gasteiger partial charge is 0.270 e. The molecule has 1 heterocycles. The summed E-state index contributed by atoms with van der Waals surface area (Å²) in [5, 5.41) is 19.0. The third-order valence-electron chi connectivity index (χ3n) is 3.80. The van der Waals surface area contributed by atoms with Crippen LogP contribution in [0.5, 0.6) is 0 Å². The molecular weight excluding hydrogens is 334 g/mol. The highest BCUT2D eigenvalue weighted by Gasteiger charge is 2.13. The van der Waals surface area contributed by atoms with Crippen molar-refractivity contribution in [3.05, 3.63) is 70.0 Å². The van der Waals surface area contributed by atoms with Gasteiger partial charge in [-0.15, -0.1) is 0 Å². The minimum absolute atomic E-state index is 0.00725. The number of nitrogens with zero attached hydrogens (tertiary/aromatic N) is 2. The van der Waals surface area contributed by atoms with Gasteiger partial charge in [-0.2, -0.15) is 5.26 Å². The number of H-pyrrole nitrogens is 1. The van der Waals surface area contributed by atoms with Gasteiger partial charge >= 0.3 is 0 Å². The highest BCUT2D eigenvalue weighted by Crippen LogP contribution is 2.26. The number of nitriles is 1. The van der Waals surface area contributed by atoms with E-state index in [4.69, 9.17) is 0 Å². The van der Waals surface area contributed by atoms with Gasteiger partial charge in [-0.25, -0.2) is 4.98 Å². The molecule has 0 aliphatic heterocycles. The number of aromatic nitrogens is 2. The Morgan fingerprint density at radius 2 is 1.88 bits per heavy atom. The van der Waals surface area contributed by atoms with Gasteiger partial charge in [0.25, 0.3) is 5.56 Å². The van der Waals surface area contributed by atoms with Gasteiger partial charge in [0.15, 0.2) is 5.16 Å². The van der Waals surface area contributed by atoms with Crippen LogP contribution in [0.2, 0.25) is 0 Å². The molecule has 2 aromatic carbocycles. The van der Waals surface area contributed by atoms with Crippen molar-refractivity contribution >= 4 is 11.8 Å². The number of hydrogen-bond donors (Lipinski definition) is 2. The zero-order valence-corrected chi connectivity index (χ0v) is 14.3. The predicted octanol–water partition coefficient (Wildman–Crippen LogP) is 3.19. The number of benzene rings is 2. The van der Waals surface area contributed by atoms with Crippen molar-refractivity contribution in [3.63, 3.8) is 0 Å². The van der Waals surface area contributed by atoms with Crippen LogP contribution in [0.15, 0.2) is 58.5 Å². The molecule has 25 heavy (non-hydrogen) atoms. The number of aliphatic hydroxyl groups excluding tert-OH is 1. The van der Waals surface area contributed by atoms with Crippen LogP contribution < -0.4 is 5.56 Å². The highest BCUT2D eigenvalue weighted by molar-refractivity contribution is 7.98. The molecule has 0 aliphatic rings. The number of nitrogens with one attached hydrogen (secondary N) is 1. The van der Waals surface area contributed by atoms with E-state index in [0.717, 1.165) is 16.7 Å². The zero-order valence-electron chi connectivity index (χ0n) is 13.5. The Hall–Kier alpha value is -2.88. The second-order valence-electron chi connectivity index (χ2n) is 5.35. The van der Waals surface area contributed by atoms with Crippen LogP contribution >= 0.6 is 11.8 Å². The third-order valence-corrected chi connectivity index (χ3v) is 4.38. The van der Waals surface area contributed by atoms with E-state index < -0.39 is 5.56 Å². The molecule has 6 heteroatoms. The van der Waals surface area contributed by atoms with Gasteiger partial charge in [0.05, 0.1) is 12.3 Å². The summed E-state index contributed by atoms with van der Waals surface area (Å²) >= 11 is 1.32. The summed E-state index contributed by atoms with van der Waals surface area (Å²) in [6, 6.07) is 17.1. The Morgan fingerprint density at radius 3 is 2.52 bits per heavy atom. The van der Waals surface area contributed by atoms with Gasteiger partial charge in [0.1, 0.15) is 11.6 Å². The summed E-state index contributed by atoms with van der Waals surface area (Å²) in [4.78, 5) is 19.0. The molecule has 5 nitrogen and oxygen atoms in total. The lowest BCUT2D eigenvalue weighted by Gasteiger charge is -2.07. The largest absolute Gasteiger partial charge is 0.392 e. The van der Waals surface area contributed by atoms with E-state index in [1.54, 1.807) is 0 Å². The lowest BCUT2D eigenvalue weighted by molar-refractivity contribution is 0.282. The van der Waals surface area contributed by atoms with Crippen LogP contribution in [-0.2, 0) is 6.61 Å². The standard InChI is InChI=1S/C19H15N3O2S/c1-25-19-21-17(16(10-20)18(24)22-19)14-7-5-13(6-8-14)15-4-2-3-12(9-15)11-23/h2-9,23H,11H2,1H3,(H,21,22,24). The first kappa shape index (κ1) is 17.0. The summed E-state index contributed by atoms with van der Waals surface area (Å²) in [5.41, 5.74) is 3.47. The van der Waals surface area contributed by atoms with E-state index in [1.807, 2.05) is 60.9 Å². The van der Waals surface area contributed by atoms with Gasteiger partial charge in [0.2, 0.25) is 0 Å². The Balaban J connectivity index is 2.05. The maximum atomic E-state index is 12.0. The maximum Gasteiger partial charge on any atom is 0.270 e. The molecular formula is C19H15N3O2S. The van der Waals surface area contributed by atoms with E-state index in [1.165, 1.54) is 11.8 Å². The number of aliphatic hydroxyl groups is 1. The predicted molar refractivity (Wildman–Crippen MR) is 98.1 cm³/mol. The normalized spacial score (nSPS) is 10.4. The molecule has 3 aromatic rings. The number of thioether (sulfide) groups is 1. The fourth-order valence-corrected chi connectivity index (χ4v) is 2.91. The molecule has 124 valence electrons. The average molecular weight is 349 g/mol.